The minimum atomic E-state index is 0.192. The maximum absolute atomic E-state index is 5.86. The lowest BCUT2D eigenvalue weighted by atomic mass is 9.86. The van der Waals surface area contributed by atoms with E-state index in [-0.39, 0.29) is 5.41 Å². The first-order valence-corrected chi connectivity index (χ1v) is 7.60. The summed E-state index contributed by atoms with van der Waals surface area (Å²) in [4.78, 5) is 0. The molecule has 1 aromatic rings. The summed E-state index contributed by atoms with van der Waals surface area (Å²) >= 11 is 0. The summed E-state index contributed by atoms with van der Waals surface area (Å²) in [6, 6.07) is 6.51. The van der Waals surface area contributed by atoms with Crippen LogP contribution < -0.4 is 15.8 Å². The van der Waals surface area contributed by atoms with Crippen molar-refractivity contribution < 1.29 is 4.74 Å². The molecule has 3 N–H and O–H groups in total. The molecule has 0 aromatic heterocycles. The summed E-state index contributed by atoms with van der Waals surface area (Å²) in [5.74, 6) is 1.01. The number of ether oxygens (including phenoxy) is 1. The second-order valence-corrected chi connectivity index (χ2v) is 6.32. The number of nitrogens with two attached hydrogens (primary N) is 1. The van der Waals surface area contributed by atoms with Crippen molar-refractivity contribution in [3.63, 3.8) is 0 Å². The van der Waals surface area contributed by atoms with Gasteiger partial charge in [-0.1, -0.05) is 32.9 Å². The maximum Gasteiger partial charge on any atom is 0.122 e. The van der Waals surface area contributed by atoms with Crippen LogP contribution in [0.15, 0.2) is 18.2 Å². The van der Waals surface area contributed by atoms with Gasteiger partial charge in [0, 0.05) is 13.1 Å². The number of aryl methyl sites for hydroxylation is 1. The van der Waals surface area contributed by atoms with Gasteiger partial charge in [0.1, 0.15) is 5.75 Å². The summed E-state index contributed by atoms with van der Waals surface area (Å²) in [6.07, 6.45) is 2.19. The molecule has 0 saturated heterocycles. The second-order valence-electron chi connectivity index (χ2n) is 6.32. The maximum atomic E-state index is 5.86. The smallest absolute Gasteiger partial charge is 0.122 e. The largest absolute Gasteiger partial charge is 0.493 e. The molecule has 114 valence electrons. The third kappa shape index (κ3) is 5.93. The normalized spacial score (nSPS) is 11.7. The molecule has 1 aromatic carbocycles. The second kappa shape index (κ2) is 8.28. The highest BCUT2D eigenvalue weighted by atomic mass is 16.5. The molecule has 0 bridgehead atoms. The standard InChI is InChI=1S/C17H30N2O/c1-14-13-15(17(2,3)4)7-8-16(14)20-12-6-5-10-19-11-9-18/h7-8,13,19H,5-6,9-12,18H2,1-4H3. The zero-order valence-corrected chi connectivity index (χ0v) is 13.5. The third-order valence-corrected chi connectivity index (χ3v) is 3.37. The van der Waals surface area contributed by atoms with Crippen LogP contribution in [-0.4, -0.2) is 26.2 Å². The van der Waals surface area contributed by atoms with Crippen LogP contribution in [0.3, 0.4) is 0 Å². The molecule has 0 heterocycles. The predicted molar refractivity (Wildman–Crippen MR) is 86.5 cm³/mol. The van der Waals surface area contributed by atoms with E-state index in [1.165, 1.54) is 11.1 Å². The van der Waals surface area contributed by atoms with Crippen molar-refractivity contribution in [1.82, 2.24) is 5.32 Å². The van der Waals surface area contributed by atoms with Gasteiger partial charge in [-0.05, 0) is 48.9 Å². The quantitative estimate of drug-likeness (QED) is 0.719. The monoisotopic (exact) mass is 278 g/mol. The average Bonchev–Trinajstić information content (AvgIpc) is 2.38. The van der Waals surface area contributed by atoms with Gasteiger partial charge in [0.05, 0.1) is 6.61 Å². The van der Waals surface area contributed by atoms with Gasteiger partial charge in [-0.15, -0.1) is 0 Å². The lowest BCUT2D eigenvalue weighted by molar-refractivity contribution is 0.304. The number of unbranched alkanes of at least 4 members (excludes halogenated alkanes) is 1. The van der Waals surface area contributed by atoms with E-state index in [0.717, 1.165) is 38.3 Å². The Morgan fingerprint density at radius 3 is 2.50 bits per heavy atom. The van der Waals surface area contributed by atoms with E-state index in [4.69, 9.17) is 10.5 Å². The Bertz CT molecular complexity index is 396. The topological polar surface area (TPSA) is 47.3 Å². The van der Waals surface area contributed by atoms with Crippen molar-refractivity contribution in [1.29, 1.82) is 0 Å². The minimum Gasteiger partial charge on any atom is -0.493 e. The van der Waals surface area contributed by atoms with Gasteiger partial charge in [-0.25, -0.2) is 0 Å². The molecular weight excluding hydrogens is 248 g/mol. The Labute approximate surface area is 123 Å². The van der Waals surface area contributed by atoms with Gasteiger partial charge in [0.25, 0.3) is 0 Å². The fourth-order valence-corrected chi connectivity index (χ4v) is 2.04. The van der Waals surface area contributed by atoms with E-state index in [1.54, 1.807) is 0 Å². The molecule has 0 amide bonds. The van der Waals surface area contributed by atoms with Crippen molar-refractivity contribution in [2.24, 2.45) is 5.73 Å². The summed E-state index contributed by atoms with van der Waals surface area (Å²) in [5.41, 5.74) is 8.19. The Hall–Kier alpha value is -1.06. The molecular formula is C17H30N2O. The lowest BCUT2D eigenvalue weighted by Gasteiger charge is -2.20. The van der Waals surface area contributed by atoms with Crippen LogP contribution in [0.2, 0.25) is 0 Å². The van der Waals surface area contributed by atoms with Gasteiger partial charge in [-0.2, -0.15) is 0 Å². The molecule has 0 radical (unpaired) electrons. The fourth-order valence-electron chi connectivity index (χ4n) is 2.04. The number of hydrogen-bond donors (Lipinski definition) is 2. The number of hydrogen-bond acceptors (Lipinski definition) is 3. The average molecular weight is 278 g/mol. The molecule has 0 spiro atoms. The Morgan fingerprint density at radius 1 is 1.15 bits per heavy atom. The molecule has 0 atom stereocenters. The van der Waals surface area contributed by atoms with Gasteiger partial charge < -0.3 is 15.8 Å². The molecule has 0 fully saturated rings. The van der Waals surface area contributed by atoms with E-state index < -0.39 is 0 Å². The molecule has 20 heavy (non-hydrogen) atoms. The highest BCUT2D eigenvalue weighted by Crippen LogP contribution is 2.27. The van der Waals surface area contributed by atoms with E-state index in [1.807, 2.05) is 0 Å². The first-order chi connectivity index (χ1) is 9.45. The van der Waals surface area contributed by atoms with Gasteiger partial charge in [-0.3, -0.25) is 0 Å². The molecule has 3 nitrogen and oxygen atoms in total. The van der Waals surface area contributed by atoms with Crippen LogP contribution in [0, 0.1) is 6.92 Å². The lowest BCUT2D eigenvalue weighted by Crippen LogP contribution is -2.23. The van der Waals surface area contributed by atoms with Crippen molar-refractivity contribution in [2.75, 3.05) is 26.2 Å². The van der Waals surface area contributed by atoms with Crippen LogP contribution in [0.25, 0.3) is 0 Å². The van der Waals surface area contributed by atoms with Gasteiger partial charge in [0.15, 0.2) is 0 Å². The van der Waals surface area contributed by atoms with E-state index in [2.05, 4.69) is 51.2 Å². The fraction of sp³-hybridized carbons (Fsp3) is 0.647. The van der Waals surface area contributed by atoms with Gasteiger partial charge >= 0.3 is 0 Å². The number of benzene rings is 1. The highest BCUT2D eigenvalue weighted by Gasteiger charge is 2.14. The molecule has 0 aliphatic rings. The van der Waals surface area contributed by atoms with Crippen molar-refractivity contribution >= 4 is 0 Å². The number of rotatable bonds is 8. The molecule has 0 saturated carbocycles. The van der Waals surface area contributed by atoms with Crippen LogP contribution in [0.4, 0.5) is 0 Å². The predicted octanol–water partition coefficient (Wildman–Crippen LogP) is 3.00. The minimum absolute atomic E-state index is 0.192. The van der Waals surface area contributed by atoms with Crippen LogP contribution in [0.5, 0.6) is 5.75 Å². The van der Waals surface area contributed by atoms with E-state index in [9.17, 15) is 0 Å². The van der Waals surface area contributed by atoms with Crippen LogP contribution in [-0.2, 0) is 5.41 Å². The molecule has 0 unspecified atom stereocenters. The molecule has 0 aliphatic carbocycles. The van der Waals surface area contributed by atoms with Crippen LogP contribution >= 0.6 is 0 Å². The summed E-state index contributed by atoms with van der Waals surface area (Å²) in [7, 11) is 0. The SMILES string of the molecule is Cc1cc(C(C)(C)C)ccc1OCCCCNCCN. The number of nitrogens with one attached hydrogen (secondary N) is 1. The summed E-state index contributed by atoms with van der Waals surface area (Å²) < 4.78 is 5.86. The first kappa shape index (κ1) is 17.0. The molecule has 3 heteroatoms. The molecule has 0 aliphatic heterocycles. The van der Waals surface area contributed by atoms with Crippen molar-refractivity contribution in [3.8, 4) is 5.75 Å². The Morgan fingerprint density at radius 2 is 1.90 bits per heavy atom. The zero-order chi connectivity index (χ0) is 15.0. The van der Waals surface area contributed by atoms with E-state index >= 15 is 0 Å². The highest BCUT2D eigenvalue weighted by molar-refractivity contribution is 5.38. The van der Waals surface area contributed by atoms with Crippen molar-refractivity contribution in [2.45, 2.75) is 46.0 Å². The Kier molecular flexibility index (Phi) is 7.03. The summed E-state index contributed by atoms with van der Waals surface area (Å²) in [5, 5.41) is 3.29. The van der Waals surface area contributed by atoms with Crippen LogP contribution in [0.1, 0.15) is 44.7 Å². The Balaban J connectivity index is 2.34. The first-order valence-electron chi connectivity index (χ1n) is 7.60. The van der Waals surface area contributed by atoms with Gasteiger partial charge in [0.2, 0.25) is 0 Å². The molecule has 1 rings (SSSR count). The third-order valence-electron chi connectivity index (χ3n) is 3.37. The van der Waals surface area contributed by atoms with Crippen molar-refractivity contribution in [3.05, 3.63) is 29.3 Å². The zero-order valence-electron chi connectivity index (χ0n) is 13.5. The summed E-state index contributed by atoms with van der Waals surface area (Å²) in [6.45, 7) is 12.2. The van der Waals surface area contributed by atoms with E-state index in [0.29, 0.717) is 6.54 Å².